The molecule has 0 amide bonds. The second-order valence-electron chi connectivity index (χ2n) is 4.21. The third-order valence-electron chi connectivity index (χ3n) is 2.57. The van der Waals surface area contributed by atoms with Crippen LogP contribution < -0.4 is 11.1 Å². The van der Waals surface area contributed by atoms with Gasteiger partial charge in [0.2, 0.25) is 0 Å². The topological polar surface area (TPSA) is 50.4 Å². The number of rotatable bonds is 5. The zero-order valence-corrected chi connectivity index (χ0v) is 10.6. The number of benzene rings is 1. The van der Waals surface area contributed by atoms with E-state index in [2.05, 4.69) is 55.0 Å². The van der Waals surface area contributed by atoms with E-state index < -0.39 is 0 Å². The average Bonchev–Trinajstić information content (AvgIpc) is 2.33. The van der Waals surface area contributed by atoms with Crippen LogP contribution in [0, 0.1) is 6.92 Å². The molecule has 3 nitrogen and oxygen atoms in total. The molecule has 0 radical (unpaired) electrons. The highest BCUT2D eigenvalue weighted by Gasteiger charge is 2.04. The summed E-state index contributed by atoms with van der Waals surface area (Å²) >= 11 is 0. The number of guanidine groups is 1. The molecule has 0 fully saturated rings. The summed E-state index contributed by atoms with van der Waals surface area (Å²) in [6, 6.07) is 8.48. The Morgan fingerprint density at radius 1 is 1.59 bits per heavy atom. The molecule has 92 valence electrons. The first-order valence-electron chi connectivity index (χ1n) is 5.84. The van der Waals surface area contributed by atoms with Gasteiger partial charge in [0.25, 0.3) is 0 Å². The number of nitrogens with zero attached hydrogens (tertiary/aromatic N) is 1. The second-order valence-corrected chi connectivity index (χ2v) is 4.21. The predicted molar refractivity (Wildman–Crippen MR) is 74.3 cm³/mol. The molecule has 0 aliphatic carbocycles. The second kappa shape index (κ2) is 6.74. The van der Waals surface area contributed by atoms with Gasteiger partial charge in [-0.2, -0.15) is 0 Å². The highest BCUT2D eigenvalue weighted by molar-refractivity contribution is 5.77. The predicted octanol–water partition coefficient (Wildman–Crippen LogP) is 2.19. The fraction of sp³-hybridized carbons (Fsp3) is 0.357. The summed E-state index contributed by atoms with van der Waals surface area (Å²) in [4.78, 5) is 4.30. The summed E-state index contributed by atoms with van der Waals surface area (Å²) in [5, 5.41) is 2.96. The third-order valence-corrected chi connectivity index (χ3v) is 2.57. The molecular formula is C14H21N3. The summed E-state index contributed by atoms with van der Waals surface area (Å²) in [5.74, 6) is 0.850. The van der Waals surface area contributed by atoms with Gasteiger partial charge in [0.1, 0.15) is 0 Å². The number of hydrogen-bond donors (Lipinski definition) is 2. The van der Waals surface area contributed by atoms with Crippen molar-refractivity contribution in [1.82, 2.24) is 5.32 Å². The number of aryl methyl sites for hydroxylation is 1. The van der Waals surface area contributed by atoms with E-state index in [9.17, 15) is 0 Å². The maximum absolute atomic E-state index is 5.71. The van der Waals surface area contributed by atoms with Crippen molar-refractivity contribution < 1.29 is 0 Å². The lowest BCUT2D eigenvalue weighted by molar-refractivity contribution is 0.767. The molecule has 17 heavy (non-hydrogen) atoms. The van der Waals surface area contributed by atoms with E-state index in [1.807, 2.05) is 0 Å². The maximum Gasteiger partial charge on any atom is 0.188 e. The van der Waals surface area contributed by atoms with E-state index in [1.54, 1.807) is 6.08 Å². The van der Waals surface area contributed by atoms with Gasteiger partial charge < -0.3 is 11.1 Å². The lowest BCUT2D eigenvalue weighted by atomic mass is 10.00. The maximum atomic E-state index is 5.71. The van der Waals surface area contributed by atoms with Crippen LogP contribution in [0.3, 0.4) is 0 Å². The van der Waals surface area contributed by atoms with Crippen LogP contribution in [0.1, 0.15) is 24.0 Å². The molecule has 0 saturated carbocycles. The Bertz CT molecular complexity index is 396. The fourth-order valence-corrected chi connectivity index (χ4v) is 1.55. The zero-order chi connectivity index (χ0) is 12.7. The average molecular weight is 231 g/mol. The minimum Gasteiger partial charge on any atom is -0.370 e. The van der Waals surface area contributed by atoms with Crippen LogP contribution in [0.15, 0.2) is 41.9 Å². The molecule has 1 atom stereocenters. The Balaban J connectivity index is 2.54. The van der Waals surface area contributed by atoms with Crippen LogP contribution in [-0.4, -0.2) is 19.0 Å². The highest BCUT2D eigenvalue weighted by Crippen LogP contribution is 2.16. The fourth-order valence-electron chi connectivity index (χ4n) is 1.55. The van der Waals surface area contributed by atoms with E-state index >= 15 is 0 Å². The van der Waals surface area contributed by atoms with Gasteiger partial charge in [-0.3, -0.25) is 4.99 Å². The molecule has 1 aromatic carbocycles. The standard InChI is InChI=1S/C14H21N3/c1-4-8-16-14(15)17-10-12(3)13-7-5-6-11(2)9-13/h4-7,9,12H,1,8,10H2,2-3H3,(H3,15,16,17). The van der Waals surface area contributed by atoms with Crippen molar-refractivity contribution in [2.24, 2.45) is 10.7 Å². The van der Waals surface area contributed by atoms with Crippen LogP contribution in [-0.2, 0) is 0 Å². The third kappa shape index (κ3) is 4.72. The Morgan fingerprint density at radius 3 is 3.00 bits per heavy atom. The molecule has 3 heteroatoms. The molecule has 0 spiro atoms. The van der Waals surface area contributed by atoms with Crippen LogP contribution in [0.4, 0.5) is 0 Å². The van der Waals surface area contributed by atoms with Crippen LogP contribution in [0.2, 0.25) is 0 Å². The molecule has 0 aliphatic rings. The largest absolute Gasteiger partial charge is 0.370 e. The first kappa shape index (κ1) is 13.3. The molecule has 0 saturated heterocycles. The van der Waals surface area contributed by atoms with Crippen molar-refractivity contribution in [1.29, 1.82) is 0 Å². The first-order valence-corrected chi connectivity index (χ1v) is 5.84. The van der Waals surface area contributed by atoms with Crippen LogP contribution in [0.25, 0.3) is 0 Å². The van der Waals surface area contributed by atoms with Gasteiger partial charge in [0, 0.05) is 19.0 Å². The van der Waals surface area contributed by atoms with Crippen LogP contribution in [0.5, 0.6) is 0 Å². The molecule has 0 aromatic heterocycles. The molecule has 0 aliphatic heterocycles. The lowest BCUT2D eigenvalue weighted by Gasteiger charge is -2.10. The number of nitrogens with two attached hydrogens (primary N) is 1. The minimum absolute atomic E-state index is 0.374. The van der Waals surface area contributed by atoms with Crippen molar-refractivity contribution >= 4 is 5.96 Å². The summed E-state index contributed by atoms with van der Waals surface area (Å²) in [6.07, 6.45) is 1.76. The minimum atomic E-state index is 0.374. The highest BCUT2D eigenvalue weighted by atomic mass is 15.1. The number of hydrogen-bond acceptors (Lipinski definition) is 1. The molecule has 0 heterocycles. The van der Waals surface area contributed by atoms with E-state index in [-0.39, 0.29) is 0 Å². The summed E-state index contributed by atoms with van der Waals surface area (Å²) in [5.41, 5.74) is 8.28. The summed E-state index contributed by atoms with van der Waals surface area (Å²) < 4.78 is 0. The summed E-state index contributed by atoms with van der Waals surface area (Å²) in [7, 11) is 0. The quantitative estimate of drug-likeness (QED) is 0.463. The normalized spacial score (nSPS) is 13.2. The van der Waals surface area contributed by atoms with Crippen molar-refractivity contribution in [2.75, 3.05) is 13.1 Å². The first-order chi connectivity index (χ1) is 8.13. The zero-order valence-electron chi connectivity index (χ0n) is 10.6. The van der Waals surface area contributed by atoms with Crippen molar-refractivity contribution in [3.05, 3.63) is 48.0 Å². The van der Waals surface area contributed by atoms with E-state index in [0.717, 1.165) is 0 Å². The Labute approximate surface area is 103 Å². The number of aliphatic imine (C=N–C) groups is 1. The van der Waals surface area contributed by atoms with Crippen LogP contribution >= 0.6 is 0 Å². The van der Waals surface area contributed by atoms with Crippen molar-refractivity contribution in [3.63, 3.8) is 0 Å². The van der Waals surface area contributed by atoms with Gasteiger partial charge >= 0.3 is 0 Å². The lowest BCUT2D eigenvalue weighted by Crippen LogP contribution is -2.32. The molecule has 1 aromatic rings. The van der Waals surface area contributed by atoms with Gasteiger partial charge in [-0.1, -0.05) is 42.8 Å². The molecule has 1 unspecified atom stereocenters. The van der Waals surface area contributed by atoms with Gasteiger partial charge in [0.15, 0.2) is 5.96 Å². The number of nitrogens with one attached hydrogen (secondary N) is 1. The van der Waals surface area contributed by atoms with E-state index in [0.29, 0.717) is 25.0 Å². The molecule has 3 N–H and O–H groups in total. The Hall–Kier alpha value is -1.77. The van der Waals surface area contributed by atoms with Gasteiger partial charge in [-0.05, 0) is 12.5 Å². The molecular weight excluding hydrogens is 210 g/mol. The Kier molecular flexibility index (Phi) is 5.27. The Morgan fingerprint density at radius 2 is 2.35 bits per heavy atom. The monoisotopic (exact) mass is 231 g/mol. The summed E-state index contributed by atoms with van der Waals surface area (Å²) in [6.45, 7) is 9.20. The van der Waals surface area contributed by atoms with E-state index in [1.165, 1.54) is 11.1 Å². The van der Waals surface area contributed by atoms with Gasteiger partial charge in [-0.15, -0.1) is 6.58 Å². The van der Waals surface area contributed by atoms with Gasteiger partial charge in [0.05, 0.1) is 0 Å². The van der Waals surface area contributed by atoms with Crippen molar-refractivity contribution in [2.45, 2.75) is 19.8 Å². The molecule has 1 rings (SSSR count). The molecule has 0 bridgehead atoms. The SMILES string of the molecule is C=CCNC(N)=NCC(C)c1cccc(C)c1. The van der Waals surface area contributed by atoms with Gasteiger partial charge in [-0.25, -0.2) is 0 Å². The van der Waals surface area contributed by atoms with E-state index in [4.69, 9.17) is 5.73 Å². The van der Waals surface area contributed by atoms with Crippen molar-refractivity contribution in [3.8, 4) is 0 Å². The smallest absolute Gasteiger partial charge is 0.188 e.